The molecule has 0 spiro atoms. The van der Waals surface area contributed by atoms with E-state index in [2.05, 4.69) is 15.9 Å². The zero-order chi connectivity index (χ0) is 16.7. The van der Waals surface area contributed by atoms with Gasteiger partial charge < -0.3 is 0 Å². The first kappa shape index (κ1) is 15.8. The fourth-order valence-electron chi connectivity index (χ4n) is 2.67. The van der Waals surface area contributed by atoms with Gasteiger partial charge in [-0.05, 0) is 54.6 Å². The van der Waals surface area contributed by atoms with E-state index in [1.54, 1.807) is 16.7 Å². The van der Waals surface area contributed by atoms with Crippen LogP contribution in [0.1, 0.15) is 10.4 Å². The van der Waals surface area contributed by atoms with Gasteiger partial charge in [-0.3, -0.25) is 9.69 Å². The van der Waals surface area contributed by atoms with E-state index in [4.69, 9.17) is 11.6 Å². The summed E-state index contributed by atoms with van der Waals surface area (Å²) in [6.45, 7) is 0. The highest BCUT2D eigenvalue weighted by Crippen LogP contribution is 2.49. The number of hydrogen-bond donors (Lipinski definition) is 0. The molecule has 5 heteroatoms. The van der Waals surface area contributed by atoms with Crippen molar-refractivity contribution in [2.24, 2.45) is 0 Å². The summed E-state index contributed by atoms with van der Waals surface area (Å²) < 4.78 is 0.942. The van der Waals surface area contributed by atoms with Gasteiger partial charge in [0.2, 0.25) is 0 Å². The minimum absolute atomic E-state index is 0.0706. The summed E-state index contributed by atoms with van der Waals surface area (Å²) in [6, 6.07) is 20.9. The Labute approximate surface area is 157 Å². The second-order valence-electron chi connectivity index (χ2n) is 5.33. The molecule has 0 fully saturated rings. The average Bonchev–Trinajstić information content (AvgIpc) is 2.60. The van der Waals surface area contributed by atoms with Crippen LogP contribution in [0.4, 0.5) is 11.4 Å². The molecule has 3 aromatic rings. The van der Waals surface area contributed by atoms with Gasteiger partial charge in [-0.1, -0.05) is 51.4 Å². The third-order valence-electron chi connectivity index (χ3n) is 3.78. The number of carbonyl (C=O) groups excluding carboxylic acids is 1. The Morgan fingerprint density at radius 1 is 0.917 bits per heavy atom. The first-order chi connectivity index (χ1) is 11.6. The summed E-state index contributed by atoms with van der Waals surface area (Å²) in [6.07, 6.45) is 0. The molecule has 2 nitrogen and oxygen atoms in total. The summed E-state index contributed by atoms with van der Waals surface area (Å²) in [5.41, 5.74) is 2.33. The molecule has 0 saturated heterocycles. The van der Waals surface area contributed by atoms with Gasteiger partial charge in [0.25, 0.3) is 5.91 Å². The molecule has 0 bridgehead atoms. The summed E-state index contributed by atoms with van der Waals surface area (Å²) in [4.78, 5) is 17.0. The molecule has 0 atom stereocenters. The molecule has 0 radical (unpaired) electrons. The fraction of sp³-hybridized carbons (Fsp3) is 0. The SMILES string of the molecule is O=C(c1ccc(Br)cc1)N1c2ccccc2Sc2ccc(Cl)cc21. The molecule has 4 rings (SSSR count). The maximum Gasteiger partial charge on any atom is 0.262 e. The van der Waals surface area contributed by atoms with Gasteiger partial charge in [-0.2, -0.15) is 0 Å². The van der Waals surface area contributed by atoms with Crippen molar-refractivity contribution in [2.45, 2.75) is 9.79 Å². The number of para-hydroxylation sites is 1. The first-order valence-electron chi connectivity index (χ1n) is 7.30. The third-order valence-corrected chi connectivity index (χ3v) is 5.68. The monoisotopic (exact) mass is 415 g/mol. The maximum absolute atomic E-state index is 13.2. The number of benzene rings is 3. The predicted octanol–water partition coefficient (Wildman–Crippen LogP) is 6.55. The molecule has 3 aromatic carbocycles. The molecule has 1 aliphatic rings. The van der Waals surface area contributed by atoms with Crippen molar-refractivity contribution >= 4 is 56.6 Å². The van der Waals surface area contributed by atoms with Gasteiger partial charge >= 0.3 is 0 Å². The molecule has 1 aliphatic heterocycles. The van der Waals surface area contributed by atoms with E-state index in [-0.39, 0.29) is 5.91 Å². The van der Waals surface area contributed by atoms with Crippen LogP contribution in [0.15, 0.2) is 81.0 Å². The van der Waals surface area contributed by atoms with Gasteiger partial charge in [0.1, 0.15) is 0 Å². The fourth-order valence-corrected chi connectivity index (χ4v) is 4.14. The van der Waals surface area contributed by atoms with Gasteiger partial charge in [-0.25, -0.2) is 0 Å². The van der Waals surface area contributed by atoms with Crippen LogP contribution in [-0.4, -0.2) is 5.91 Å². The summed E-state index contributed by atoms with van der Waals surface area (Å²) >= 11 is 11.2. The lowest BCUT2D eigenvalue weighted by molar-refractivity contribution is 0.0998. The molecule has 0 saturated carbocycles. The Hall–Kier alpha value is -1.75. The summed E-state index contributed by atoms with van der Waals surface area (Å²) in [5, 5.41) is 0.613. The number of halogens is 2. The average molecular weight is 417 g/mol. The van der Waals surface area contributed by atoms with Crippen LogP contribution >= 0.6 is 39.3 Å². The summed E-state index contributed by atoms with van der Waals surface area (Å²) in [5.74, 6) is -0.0706. The highest BCUT2D eigenvalue weighted by atomic mass is 79.9. The van der Waals surface area contributed by atoms with Gasteiger partial charge in [0, 0.05) is 24.8 Å². The molecule has 1 amide bonds. The van der Waals surface area contributed by atoms with Crippen molar-refractivity contribution < 1.29 is 4.79 Å². The van der Waals surface area contributed by atoms with Crippen LogP contribution in [0, 0.1) is 0 Å². The first-order valence-corrected chi connectivity index (χ1v) is 9.29. The molecule has 0 N–H and O–H groups in total. The van der Waals surface area contributed by atoms with E-state index in [9.17, 15) is 4.79 Å². The minimum Gasteiger partial charge on any atom is -0.275 e. The van der Waals surface area contributed by atoms with E-state index < -0.39 is 0 Å². The maximum atomic E-state index is 13.2. The Balaban J connectivity index is 1.89. The highest BCUT2D eigenvalue weighted by Gasteiger charge is 2.29. The number of nitrogens with zero attached hydrogens (tertiary/aromatic N) is 1. The highest BCUT2D eigenvalue weighted by molar-refractivity contribution is 9.10. The van der Waals surface area contributed by atoms with Gasteiger partial charge in [0.15, 0.2) is 0 Å². The molecule has 0 aromatic heterocycles. The van der Waals surface area contributed by atoms with Crippen LogP contribution in [-0.2, 0) is 0 Å². The van der Waals surface area contributed by atoms with Crippen molar-refractivity contribution in [3.63, 3.8) is 0 Å². The Morgan fingerprint density at radius 3 is 2.42 bits per heavy atom. The Morgan fingerprint density at radius 2 is 1.62 bits per heavy atom. The minimum atomic E-state index is -0.0706. The molecule has 0 unspecified atom stereocenters. The van der Waals surface area contributed by atoms with Gasteiger partial charge in [-0.15, -0.1) is 0 Å². The lowest BCUT2D eigenvalue weighted by Gasteiger charge is -2.31. The van der Waals surface area contributed by atoms with E-state index in [1.165, 1.54) is 0 Å². The zero-order valence-corrected chi connectivity index (χ0v) is 15.5. The Kier molecular flexibility index (Phi) is 4.12. The van der Waals surface area contributed by atoms with Crippen LogP contribution < -0.4 is 4.90 Å². The smallest absolute Gasteiger partial charge is 0.262 e. The number of carbonyl (C=O) groups is 1. The van der Waals surface area contributed by atoms with Crippen LogP contribution in [0.25, 0.3) is 0 Å². The van der Waals surface area contributed by atoms with Crippen molar-refractivity contribution in [3.8, 4) is 0 Å². The van der Waals surface area contributed by atoms with E-state index in [1.807, 2.05) is 66.7 Å². The third kappa shape index (κ3) is 2.75. The van der Waals surface area contributed by atoms with Crippen LogP contribution in [0.3, 0.4) is 0 Å². The lowest BCUT2D eigenvalue weighted by atomic mass is 10.1. The number of rotatable bonds is 1. The quantitative estimate of drug-likeness (QED) is 0.448. The Bertz CT molecular complexity index is 942. The number of hydrogen-bond acceptors (Lipinski definition) is 2. The standard InChI is InChI=1S/C19H11BrClNOS/c20-13-7-5-12(6-8-13)19(23)22-15-3-1-2-4-17(15)24-18-10-9-14(21)11-16(18)22/h1-11H. The molecule has 1 heterocycles. The van der Waals surface area contributed by atoms with Crippen molar-refractivity contribution in [1.29, 1.82) is 0 Å². The van der Waals surface area contributed by atoms with Crippen LogP contribution in [0.5, 0.6) is 0 Å². The van der Waals surface area contributed by atoms with E-state index in [0.717, 1.165) is 25.6 Å². The molecular formula is C19H11BrClNOS. The van der Waals surface area contributed by atoms with Crippen molar-refractivity contribution in [3.05, 3.63) is 81.8 Å². The molecular weight excluding hydrogens is 406 g/mol. The summed E-state index contributed by atoms with van der Waals surface area (Å²) in [7, 11) is 0. The second kappa shape index (κ2) is 6.28. The molecule has 118 valence electrons. The molecule has 0 aliphatic carbocycles. The van der Waals surface area contributed by atoms with Crippen molar-refractivity contribution in [1.82, 2.24) is 0 Å². The van der Waals surface area contributed by atoms with E-state index in [0.29, 0.717) is 10.6 Å². The number of fused-ring (bicyclic) bond motifs is 2. The van der Waals surface area contributed by atoms with E-state index >= 15 is 0 Å². The normalized spacial score (nSPS) is 12.5. The van der Waals surface area contributed by atoms with Crippen molar-refractivity contribution in [2.75, 3.05) is 4.90 Å². The lowest BCUT2D eigenvalue weighted by Crippen LogP contribution is -2.28. The second-order valence-corrected chi connectivity index (χ2v) is 7.77. The molecule has 24 heavy (non-hydrogen) atoms. The van der Waals surface area contributed by atoms with Gasteiger partial charge in [0.05, 0.1) is 11.4 Å². The largest absolute Gasteiger partial charge is 0.275 e. The topological polar surface area (TPSA) is 20.3 Å². The van der Waals surface area contributed by atoms with Crippen LogP contribution in [0.2, 0.25) is 5.02 Å². The number of amides is 1. The predicted molar refractivity (Wildman–Crippen MR) is 103 cm³/mol. The number of anilines is 2. The zero-order valence-electron chi connectivity index (χ0n) is 12.4.